The zero-order valence-electron chi connectivity index (χ0n) is 20.7. The first kappa shape index (κ1) is 28.0. The maximum atomic E-state index is 13.6. The van der Waals surface area contributed by atoms with E-state index in [9.17, 15) is 29.1 Å². The fraction of sp³-hybridized carbons (Fsp3) is 0.783. The van der Waals surface area contributed by atoms with Gasteiger partial charge in [-0.3, -0.25) is 19.2 Å². The molecule has 1 aliphatic heterocycles. The molecule has 192 valence electrons. The van der Waals surface area contributed by atoms with Crippen LogP contribution in [0.15, 0.2) is 0 Å². The van der Waals surface area contributed by atoms with Crippen LogP contribution in [-0.2, 0) is 19.2 Å². The van der Waals surface area contributed by atoms with E-state index in [1.807, 2.05) is 23.2 Å². The van der Waals surface area contributed by atoms with Gasteiger partial charge < -0.3 is 25.7 Å². The summed E-state index contributed by atoms with van der Waals surface area (Å²) >= 11 is 0. The summed E-state index contributed by atoms with van der Waals surface area (Å²) in [6.07, 6.45) is 2.58. The number of amides is 4. The Balaban J connectivity index is 2.32. The van der Waals surface area contributed by atoms with Crippen molar-refractivity contribution in [3.05, 3.63) is 0 Å². The second kappa shape index (κ2) is 11.5. The van der Waals surface area contributed by atoms with Gasteiger partial charge in [-0.15, -0.1) is 0 Å². The Hall–Kier alpha value is -2.22. The topological polar surface area (TPSA) is 145 Å². The Bertz CT molecular complexity index is 808. The normalized spacial score (nSPS) is 22.5. The van der Waals surface area contributed by atoms with E-state index in [2.05, 4.69) is 15.7 Å². The molecule has 2 rings (SSSR count). The zero-order valence-corrected chi connectivity index (χ0v) is 21.9. The maximum absolute atomic E-state index is 13.6. The number of nitrogens with one attached hydrogen (secondary N) is 3. The van der Waals surface area contributed by atoms with Crippen molar-refractivity contribution in [1.29, 1.82) is 0 Å². The average molecular weight is 499 g/mol. The van der Waals surface area contributed by atoms with Gasteiger partial charge in [0.25, 0.3) is 5.91 Å². The Morgan fingerprint density at radius 2 is 1.68 bits per heavy atom. The van der Waals surface area contributed by atoms with Crippen LogP contribution in [0.2, 0.25) is 0 Å². The minimum absolute atomic E-state index is 0.0743. The minimum atomic E-state index is -1.32. The van der Waals surface area contributed by atoms with Crippen LogP contribution >= 0.6 is 9.39 Å². The van der Waals surface area contributed by atoms with Gasteiger partial charge in [-0.05, 0) is 45.4 Å². The van der Waals surface area contributed by atoms with Crippen molar-refractivity contribution >= 4 is 39.0 Å². The lowest BCUT2D eigenvalue weighted by molar-refractivity contribution is -0.144. The standard InChI is InChI=1S/C23H39N4O6P/c1-12(2)14-9-10-27(21(31)18(23(3,4)5)25-22(32)33)16(14)19(29)24-15(11-13-7-6-8-13)17(28)20(30)26-34/h12-16,18,25H,6-11,34H2,1-5H3,(H,24,29)(H,26,30)(H,32,33)/t14-,15?,16+,18-/m1/s1. The summed E-state index contributed by atoms with van der Waals surface area (Å²) in [5.74, 6) is -2.29. The van der Waals surface area contributed by atoms with Crippen LogP contribution in [0, 0.1) is 23.2 Å². The number of ketones is 1. The number of nitrogens with zero attached hydrogens (tertiary/aromatic N) is 1. The van der Waals surface area contributed by atoms with E-state index < -0.39 is 53.1 Å². The molecule has 1 heterocycles. The molecule has 0 radical (unpaired) electrons. The van der Waals surface area contributed by atoms with Crippen molar-refractivity contribution in [1.82, 2.24) is 20.6 Å². The lowest BCUT2D eigenvalue weighted by Gasteiger charge is -2.37. The highest BCUT2D eigenvalue weighted by molar-refractivity contribution is 7.15. The summed E-state index contributed by atoms with van der Waals surface area (Å²) in [5, 5.41) is 16.6. The van der Waals surface area contributed by atoms with E-state index in [1.165, 1.54) is 4.90 Å². The largest absolute Gasteiger partial charge is 0.465 e. The second-order valence-corrected chi connectivity index (χ2v) is 11.1. The quantitative estimate of drug-likeness (QED) is 0.281. The molecule has 1 saturated carbocycles. The van der Waals surface area contributed by atoms with Gasteiger partial charge in [0.15, 0.2) is 0 Å². The highest BCUT2D eigenvalue weighted by atomic mass is 31.0. The number of carboxylic acid groups (broad SMARTS) is 1. The summed E-state index contributed by atoms with van der Waals surface area (Å²) in [6, 6.07) is -2.87. The van der Waals surface area contributed by atoms with Crippen LogP contribution in [-0.4, -0.2) is 64.3 Å². The Kier molecular flexibility index (Phi) is 9.45. The molecule has 34 heavy (non-hydrogen) atoms. The third-order valence-corrected chi connectivity index (χ3v) is 7.28. The molecular formula is C23H39N4O6P. The van der Waals surface area contributed by atoms with E-state index in [-0.39, 0.29) is 17.8 Å². The molecule has 2 aliphatic rings. The number of hydrogen-bond donors (Lipinski definition) is 4. The Morgan fingerprint density at radius 1 is 1.06 bits per heavy atom. The molecule has 10 nitrogen and oxygen atoms in total. The molecular weight excluding hydrogens is 459 g/mol. The van der Waals surface area contributed by atoms with Crippen LogP contribution in [0.1, 0.15) is 66.7 Å². The van der Waals surface area contributed by atoms with Gasteiger partial charge in [-0.1, -0.05) is 53.9 Å². The number of Topliss-reactive ketones (excluding diaryl/α,β-unsaturated/α-hetero) is 1. The molecule has 0 bridgehead atoms. The third kappa shape index (κ3) is 6.68. The second-order valence-electron chi connectivity index (χ2n) is 10.9. The lowest BCUT2D eigenvalue weighted by Crippen LogP contribution is -2.60. The van der Waals surface area contributed by atoms with Gasteiger partial charge in [0.1, 0.15) is 12.1 Å². The van der Waals surface area contributed by atoms with Gasteiger partial charge >= 0.3 is 6.09 Å². The molecule has 11 heteroatoms. The zero-order chi connectivity index (χ0) is 25.8. The van der Waals surface area contributed by atoms with Crippen LogP contribution in [0.3, 0.4) is 0 Å². The molecule has 1 aliphatic carbocycles. The van der Waals surface area contributed by atoms with Gasteiger partial charge in [0.05, 0.1) is 6.04 Å². The molecule has 0 aromatic carbocycles. The van der Waals surface area contributed by atoms with Gasteiger partial charge in [0.2, 0.25) is 17.6 Å². The molecule has 4 N–H and O–H groups in total. The van der Waals surface area contributed by atoms with Gasteiger partial charge in [-0.2, -0.15) is 0 Å². The summed E-state index contributed by atoms with van der Waals surface area (Å²) in [5.41, 5.74) is -0.716. The van der Waals surface area contributed by atoms with Crippen LogP contribution in [0.4, 0.5) is 4.79 Å². The number of carbonyl (C=O) groups is 5. The number of rotatable bonds is 9. The predicted octanol–water partition coefficient (Wildman–Crippen LogP) is 1.69. The fourth-order valence-electron chi connectivity index (χ4n) is 4.82. The molecule has 0 aromatic rings. The highest BCUT2D eigenvalue weighted by Crippen LogP contribution is 2.34. The Morgan fingerprint density at radius 3 is 2.12 bits per heavy atom. The summed E-state index contributed by atoms with van der Waals surface area (Å²) < 4.78 is 0. The summed E-state index contributed by atoms with van der Waals surface area (Å²) in [6.45, 7) is 9.51. The van der Waals surface area contributed by atoms with Gasteiger partial charge in [-0.25, -0.2) is 4.79 Å². The SMILES string of the molecule is CC(C)[C@H]1CCN(C(=O)[C@@H](NC(=O)O)C(C)(C)C)[C@@H]1C(=O)NC(CC1CCC1)C(=O)C(=O)NP. The van der Waals surface area contributed by atoms with Crippen LogP contribution < -0.4 is 15.7 Å². The number of hydrogen-bond acceptors (Lipinski definition) is 5. The summed E-state index contributed by atoms with van der Waals surface area (Å²) in [4.78, 5) is 64.6. The highest BCUT2D eigenvalue weighted by Gasteiger charge is 2.47. The van der Waals surface area contributed by atoms with E-state index >= 15 is 0 Å². The molecule has 2 unspecified atom stereocenters. The van der Waals surface area contributed by atoms with Crippen molar-refractivity contribution in [2.24, 2.45) is 23.2 Å². The maximum Gasteiger partial charge on any atom is 0.405 e. The fourth-order valence-corrected chi connectivity index (χ4v) is 4.96. The van der Waals surface area contributed by atoms with E-state index in [1.54, 1.807) is 20.8 Å². The molecule has 4 amide bonds. The number of likely N-dealkylation sites (tertiary alicyclic amines) is 1. The van der Waals surface area contributed by atoms with Crippen molar-refractivity contribution < 1.29 is 29.1 Å². The van der Waals surface area contributed by atoms with Crippen molar-refractivity contribution in [3.63, 3.8) is 0 Å². The Labute approximate surface area is 203 Å². The van der Waals surface area contributed by atoms with Crippen molar-refractivity contribution in [2.45, 2.75) is 84.8 Å². The van der Waals surface area contributed by atoms with E-state index in [0.29, 0.717) is 19.4 Å². The van der Waals surface area contributed by atoms with Gasteiger partial charge in [0, 0.05) is 6.54 Å². The summed E-state index contributed by atoms with van der Waals surface area (Å²) in [7, 11) is 2.00. The first-order valence-corrected chi connectivity index (χ1v) is 12.5. The van der Waals surface area contributed by atoms with Crippen LogP contribution in [0.5, 0.6) is 0 Å². The van der Waals surface area contributed by atoms with E-state index in [0.717, 1.165) is 19.3 Å². The van der Waals surface area contributed by atoms with Crippen molar-refractivity contribution in [2.75, 3.05) is 6.54 Å². The van der Waals surface area contributed by atoms with Crippen molar-refractivity contribution in [3.8, 4) is 0 Å². The molecule has 0 spiro atoms. The monoisotopic (exact) mass is 498 g/mol. The third-order valence-electron chi connectivity index (χ3n) is 7.02. The minimum Gasteiger partial charge on any atom is -0.465 e. The predicted molar refractivity (Wildman–Crippen MR) is 130 cm³/mol. The molecule has 5 atom stereocenters. The number of carbonyl (C=O) groups excluding carboxylic acids is 4. The molecule has 0 aromatic heterocycles. The lowest BCUT2D eigenvalue weighted by atomic mass is 9.80. The smallest absolute Gasteiger partial charge is 0.405 e. The average Bonchev–Trinajstić information content (AvgIpc) is 3.16. The molecule has 2 fully saturated rings. The van der Waals surface area contributed by atoms with Crippen LogP contribution in [0.25, 0.3) is 0 Å². The molecule has 1 saturated heterocycles. The first-order valence-electron chi connectivity index (χ1n) is 11.9. The first-order chi connectivity index (χ1) is 15.8. The van der Waals surface area contributed by atoms with E-state index in [4.69, 9.17) is 0 Å².